The minimum Gasteiger partial charge on any atom is -0.309 e. The van der Waals surface area contributed by atoms with Gasteiger partial charge in [0.1, 0.15) is 5.82 Å². The minimum absolute atomic E-state index is 0.367. The van der Waals surface area contributed by atoms with Crippen molar-refractivity contribution in [3.8, 4) is 0 Å². The molecule has 0 atom stereocenters. The molecule has 4 heteroatoms. The quantitative estimate of drug-likeness (QED) is 0.568. The van der Waals surface area contributed by atoms with Crippen LogP contribution in [0.25, 0.3) is 0 Å². The highest BCUT2D eigenvalue weighted by Gasteiger charge is 2.03. The highest BCUT2D eigenvalue weighted by molar-refractivity contribution is 7.99. The predicted octanol–water partition coefficient (Wildman–Crippen LogP) is 2.29. The second-order valence-corrected chi connectivity index (χ2v) is 4.59. The molecule has 0 saturated heterocycles. The van der Waals surface area contributed by atoms with Crippen LogP contribution in [-0.2, 0) is 0 Å². The van der Waals surface area contributed by atoms with Crippen LogP contribution in [0.5, 0.6) is 0 Å². The number of benzene rings is 1. The van der Waals surface area contributed by atoms with Crippen molar-refractivity contribution in [2.24, 2.45) is 0 Å². The molecule has 0 N–H and O–H groups in total. The maximum atomic E-state index is 12.8. The molecule has 0 fully saturated rings. The van der Waals surface area contributed by atoms with Crippen molar-refractivity contribution in [3.05, 3.63) is 29.6 Å². The number of hydrogen-bond donors (Lipinski definition) is 0. The molecule has 0 aliphatic heterocycles. The van der Waals surface area contributed by atoms with E-state index < -0.39 is 0 Å². The maximum absolute atomic E-state index is 12.8. The lowest BCUT2D eigenvalue weighted by atomic mass is 10.2. The number of halogens is 1. The molecule has 0 radical (unpaired) electrons. The van der Waals surface area contributed by atoms with Gasteiger partial charge in [0, 0.05) is 22.8 Å². The summed E-state index contributed by atoms with van der Waals surface area (Å²) in [4.78, 5) is 13.6. The Balaban J connectivity index is 2.64. The van der Waals surface area contributed by atoms with Crippen molar-refractivity contribution in [2.45, 2.75) is 4.90 Å². The summed E-state index contributed by atoms with van der Waals surface area (Å²) >= 11 is 1.57. The number of carbonyl (C=O) groups excluding carboxylic acids is 1. The van der Waals surface area contributed by atoms with Gasteiger partial charge in [0.25, 0.3) is 0 Å². The van der Waals surface area contributed by atoms with Gasteiger partial charge in [0.05, 0.1) is 0 Å². The molecule has 0 bridgehead atoms. The smallest absolute Gasteiger partial charge is 0.151 e. The monoisotopic (exact) mass is 227 g/mol. The standard InChI is InChI=1S/C11H14FNOS/c1-13(2)5-6-15-11-4-3-10(12)7-9(11)8-14/h3-4,7-8H,5-6H2,1-2H3. The molecule has 0 saturated carbocycles. The lowest BCUT2D eigenvalue weighted by molar-refractivity contribution is 0.112. The third-order valence-corrected chi connectivity index (χ3v) is 2.96. The van der Waals surface area contributed by atoms with Crippen LogP contribution in [0, 0.1) is 5.82 Å². The van der Waals surface area contributed by atoms with E-state index in [-0.39, 0.29) is 5.82 Å². The SMILES string of the molecule is CN(C)CCSc1ccc(F)cc1C=O. The summed E-state index contributed by atoms with van der Waals surface area (Å²) in [6.45, 7) is 0.931. The first kappa shape index (κ1) is 12.2. The third kappa shape index (κ3) is 4.01. The van der Waals surface area contributed by atoms with E-state index in [1.807, 2.05) is 14.1 Å². The van der Waals surface area contributed by atoms with Crippen LogP contribution < -0.4 is 0 Å². The van der Waals surface area contributed by atoms with Crippen LogP contribution in [0.15, 0.2) is 23.1 Å². The number of aldehydes is 1. The molecular formula is C11H14FNOS. The molecule has 1 rings (SSSR count). The average Bonchev–Trinajstić information content (AvgIpc) is 2.19. The molecule has 2 nitrogen and oxygen atoms in total. The van der Waals surface area contributed by atoms with E-state index in [1.165, 1.54) is 12.1 Å². The van der Waals surface area contributed by atoms with Gasteiger partial charge < -0.3 is 4.90 Å². The summed E-state index contributed by atoms with van der Waals surface area (Å²) < 4.78 is 12.8. The summed E-state index contributed by atoms with van der Waals surface area (Å²) in [6, 6.07) is 4.30. The van der Waals surface area contributed by atoms with Crippen LogP contribution in [0.4, 0.5) is 4.39 Å². The average molecular weight is 227 g/mol. The molecule has 0 aliphatic carbocycles. The van der Waals surface area contributed by atoms with Crippen molar-refractivity contribution >= 4 is 18.0 Å². The van der Waals surface area contributed by atoms with Crippen LogP contribution in [0.2, 0.25) is 0 Å². The number of carbonyl (C=O) groups is 1. The zero-order valence-corrected chi connectivity index (χ0v) is 9.68. The number of rotatable bonds is 5. The third-order valence-electron chi connectivity index (χ3n) is 1.89. The Kier molecular flexibility index (Phi) is 4.78. The predicted molar refractivity (Wildman–Crippen MR) is 61.1 cm³/mol. The molecule has 82 valence electrons. The topological polar surface area (TPSA) is 20.3 Å². The fourth-order valence-electron chi connectivity index (χ4n) is 1.08. The number of thioether (sulfide) groups is 1. The van der Waals surface area contributed by atoms with Crippen molar-refractivity contribution in [1.82, 2.24) is 4.90 Å². The molecule has 0 aromatic heterocycles. The first-order valence-electron chi connectivity index (χ1n) is 4.65. The van der Waals surface area contributed by atoms with Gasteiger partial charge in [0.15, 0.2) is 6.29 Å². The minimum atomic E-state index is -0.367. The molecule has 1 aromatic carbocycles. The zero-order chi connectivity index (χ0) is 11.3. The van der Waals surface area contributed by atoms with Crippen molar-refractivity contribution in [1.29, 1.82) is 0 Å². The summed E-state index contributed by atoms with van der Waals surface area (Å²) in [5, 5.41) is 0. The molecule has 0 heterocycles. The van der Waals surface area contributed by atoms with Gasteiger partial charge in [-0.15, -0.1) is 11.8 Å². The molecule has 0 spiro atoms. The van der Waals surface area contributed by atoms with Gasteiger partial charge in [-0.1, -0.05) is 0 Å². The van der Waals surface area contributed by atoms with Crippen LogP contribution in [0.1, 0.15) is 10.4 Å². The highest BCUT2D eigenvalue weighted by Crippen LogP contribution is 2.22. The van der Waals surface area contributed by atoms with Crippen LogP contribution in [-0.4, -0.2) is 37.6 Å². The Morgan fingerprint density at radius 2 is 2.20 bits per heavy atom. The van der Waals surface area contributed by atoms with Crippen molar-refractivity contribution in [3.63, 3.8) is 0 Å². The molecule has 1 aromatic rings. The van der Waals surface area contributed by atoms with Crippen molar-refractivity contribution < 1.29 is 9.18 Å². The van der Waals surface area contributed by atoms with E-state index >= 15 is 0 Å². The van der Waals surface area contributed by atoms with E-state index in [0.717, 1.165) is 17.2 Å². The Morgan fingerprint density at radius 1 is 1.47 bits per heavy atom. The Labute approximate surface area is 93.5 Å². The van der Waals surface area contributed by atoms with Gasteiger partial charge in [-0.3, -0.25) is 4.79 Å². The lowest BCUT2D eigenvalue weighted by Gasteiger charge is -2.09. The van der Waals surface area contributed by atoms with Gasteiger partial charge in [-0.2, -0.15) is 0 Å². The summed E-state index contributed by atoms with van der Waals surface area (Å²) in [7, 11) is 3.98. The first-order chi connectivity index (χ1) is 7.13. The number of nitrogens with zero attached hydrogens (tertiary/aromatic N) is 1. The van der Waals surface area contributed by atoms with Gasteiger partial charge in [-0.05, 0) is 32.3 Å². The van der Waals surface area contributed by atoms with E-state index in [1.54, 1.807) is 17.8 Å². The van der Waals surface area contributed by atoms with E-state index in [0.29, 0.717) is 11.8 Å². The molecule has 0 unspecified atom stereocenters. The maximum Gasteiger partial charge on any atom is 0.151 e. The van der Waals surface area contributed by atoms with E-state index in [4.69, 9.17) is 0 Å². The first-order valence-corrected chi connectivity index (χ1v) is 5.64. The molecule has 15 heavy (non-hydrogen) atoms. The summed E-state index contributed by atoms with van der Waals surface area (Å²) in [5.74, 6) is 0.522. The second kappa shape index (κ2) is 5.88. The Hall–Kier alpha value is -0.870. The molecule has 0 aliphatic rings. The highest BCUT2D eigenvalue weighted by atomic mass is 32.2. The lowest BCUT2D eigenvalue weighted by Crippen LogP contribution is -2.14. The van der Waals surface area contributed by atoms with Gasteiger partial charge >= 0.3 is 0 Å². The fourth-order valence-corrected chi connectivity index (χ4v) is 2.20. The van der Waals surface area contributed by atoms with Crippen LogP contribution >= 0.6 is 11.8 Å². The summed E-state index contributed by atoms with van der Waals surface area (Å²) in [6.07, 6.45) is 0.696. The molecular weight excluding hydrogens is 213 g/mol. The number of hydrogen-bond acceptors (Lipinski definition) is 3. The van der Waals surface area contributed by atoms with Gasteiger partial charge in [-0.25, -0.2) is 4.39 Å². The van der Waals surface area contributed by atoms with E-state index in [2.05, 4.69) is 4.90 Å². The Bertz CT molecular complexity index is 341. The van der Waals surface area contributed by atoms with E-state index in [9.17, 15) is 9.18 Å². The van der Waals surface area contributed by atoms with Crippen LogP contribution in [0.3, 0.4) is 0 Å². The zero-order valence-electron chi connectivity index (χ0n) is 8.87. The largest absolute Gasteiger partial charge is 0.309 e. The molecule has 0 amide bonds. The van der Waals surface area contributed by atoms with Gasteiger partial charge in [0.2, 0.25) is 0 Å². The van der Waals surface area contributed by atoms with Crippen molar-refractivity contribution in [2.75, 3.05) is 26.4 Å². The Morgan fingerprint density at radius 3 is 2.80 bits per heavy atom. The summed E-state index contributed by atoms with van der Waals surface area (Å²) in [5.41, 5.74) is 0.429. The normalized spacial score (nSPS) is 10.7. The fraction of sp³-hybridized carbons (Fsp3) is 0.364. The second-order valence-electron chi connectivity index (χ2n) is 3.45.